The minimum atomic E-state index is -0.387. The highest BCUT2D eigenvalue weighted by molar-refractivity contribution is 6.04. The van der Waals surface area contributed by atoms with Crippen molar-refractivity contribution in [1.82, 2.24) is 4.98 Å². The Morgan fingerprint density at radius 1 is 1.69 bits per heavy atom. The molecular weight excluding hydrogens is 212 g/mol. The van der Waals surface area contributed by atoms with Crippen LogP contribution < -0.4 is 15.8 Å². The highest BCUT2D eigenvalue weighted by atomic mass is 16.5. The summed E-state index contributed by atoms with van der Waals surface area (Å²) < 4.78 is 4.86. The van der Waals surface area contributed by atoms with Gasteiger partial charge in [0.15, 0.2) is 0 Å². The average molecular weight is 224 g/mol. The number of hydrogen-bond acceptors (Lipinski definition) is 5. The molecule has 0 aliphatic carbocycles. The minimum Gasteiger partial charge on any atom is -0.481 e. The summed E-state index contributed by atoms with van der Waals surface area (Å²) >= 11 is 0. The number of nitrogens with one attached hydrogen (secondary N) is 1. The van der Waals surface area contributed by atoms with Gasteiger partial charge in [-0.2, -0.15) is 0 Å². The van der Waals surface area contributed by atoms with Gasteiger partial charge >= 0.3 is 0 Å². The molecule has 1 amide bonds. The zero-order valence-electron chi connectivity index (χ0n) is 8.67. The van der Waals surface area contributed by atoms with Crippen LogP contribution in [0.3, 0.4) is 0 Å². The standard InChI is InChI=1S/C9H12N4O3/c1-16-9-3-2-6(5-11-9)12-8(14)4-7(10)13-15/h2-3,5,15H,4H2,1H3,(H2,10,13)(H,12,14). The number of aromatic nitrogens is 1. The van der Waals surface area contributed by atoms with E-state index in [1.54, 1.807) is 12.1 Å². The zero-order valence-corrected chi connectivity index (χ0v) is 8.67. The van der Waals surface area contributed by atoms with Crippen molar-refractivity contribution in [2.24, 2.45) is 10.9 Å². The first-order valence-corrected chi connectivity index (χ1v) is 4.42. The van der Waals surface area contributed by atoms with E-state index in [2.05, 4.69) is 15.5 Å². The molecule has 0 fully saturated rings. The van der Waals surface area contributed by atoms with Gasteiger partial charge in [0.2, 0.25) is 11.8 Å². The summed E-state index contributed by atoms with van der Waals surface area (Å²) in [7, 11) is 1.50. The number of amides is 1. The van der Waals surface area contributed by atoms with Crippen molar-refractivity contribution in [1.29, 1.82) is 0 Å². The van der Waals surface area contributed by atoms with Gasteiger partial charge in [-0.15, -0.1) is 0 Å². The molecule has 0 bridgehead atoms. The summed E-state index contributed by atoms with van der Waals surface area (Å²) in [6.07, 6.45) is 1.27. The van der Waals surface area contributed by atoms with Gasteiger partial charge in [0.1, 0.15) is 5.84 Å². The van der Waals surface area contributed by atoms with Gasteiger partial charge in [-0.05, 0) is 6.07 Å². The molecule has 0 spiro atoms. The lowest BCUT2D eigenvalue weighted by Crippen LogP contribution is -2.22. The fourth-order valence-electron chi connectivity index (χ4n) is 0.980. The molecule has 0 saturated heterocycles. The molecular formula is C9H12N4O3. The number of nitrogens with zero attached hydrogens (tertiary/aromatic N) is 2. The van der Waals surface area contributed by atoms with Gasteiger partial charge in [-0.3, -0.25) is 4.79 Å². The molecule has 16 heavy (non-hydrogen) atoms. The Labute approximate surface area is 91.9 Å². The number of amidine groups is 1. The van der Waals surface area contributed by atoms with Crippen LogP contribution in [-0.4, -0.2) is 29.0 Å². The van der Waals surface area contributed by atoms with E-state index < -0.39 is 0 Å². The van der Waals surface area contributed by atoms with Crippen LogP contribution in [0, 0.1) is 0 Å². The number of anilines is 1. The summed E-state index contributed by atoms with van der Waals surface area (Å²) in [5.41, 5.74) is 5.69. The molecule has 0 radical (unpaired) electrons. The number of carbonyl (C=O) groups is 1. The molecule has 4 N–H and O–H groups in total. The smallest absolute Gasteiger partial charge is 0.232 e. The number of rotatable bonds is 4. The van der Waals surface area contributed by atoms with Crippen LogP contribution in [0.2, 0.25) is 0 Å². The molecule has 0 saturated carbocycles. The number of carbonyl (C=O) groups excluding carboxylic acids is 1. The lowest BCUT2D eigenvalue weighted by Gasteiger charge is -2.04. The number of pyridine rings is 1. The van der Waals surface area contributed by atoms with Gasteiger partial charge in [0.05, 0.1) is 25.4 Å². The number of methoxy groups -OCH3 is 1. The van der Waals surface area contributed by atoms with E-state index in [1.165, 1.54) is 13.3 Å². The number of hydrogen-bond donors (Lipinski definition) is 3. The van der Waals surface area contributed by atoms with E-state index in [-0.39, 0.29) is 18.2 Å². The Balaban J connectivity index is 2.56. The fraction of sp³-hybridized carbons (Fsp3) is 0.222. The van der Waals surface area contributed by atoms with Crippen LogP contribution in [0.1, 0.15) is 6.42 Å². The molecule has 0 aliphatic rings. The van der Waals surface area contributed by atoms with Crippen molar-refractivity contribution in [3.63, 3.8) is 0 Å². The summed E-state index contributed by atoms with van der Waals surface area (Å²) in [6.45, 7) is 0. The molecule has 0 atom stereocenters. The molecule has 0 aromatic carbocycles. The summed E-state index contributed by atoms with van der Waals surface area (Å²) in [6, 6.07) is 3.25. The Bertz CT molecular complexity index is 388. The SMILES string of the molecule is COc1ccc(NC(=O)C/C(N)=N/O)cn1. The maximum absolute atomic E-state index is 11.3. The average Bonchev–Trinajstić information content (AvgIpc) is 2.29. The van der Waals surface area contributed by atoms with Crippen LogP contribution in [0.4, 0.5) is 5.69 Å². The molecule has 1 heterocycles. The zero-order chi connectivity index (χ0) is 12.0. The molecule has 86 valence electrons. The van der Waals surface area contributed by atoms with Gasteiger partial charge in [-0.1, -0.05) is 5.16 Å². The normalized spacial score (nSPS) is 10.9. The van der Waals surface area contributed by atoms with Crippen LogP contribution in [0.5, 0.6) is 5.88 Å². The monoisotopic (exact) mass is 224 g/mol. The number of nitrogens with two attached hydrogens (primary N) is 1. The molecule has 1 aromatic rings. The first-order valence-electron chi connectivity index (χ1n) is 4.42. The second-order valence-electron chi connectivity index (χ2n) is 2.91. The third kappa shape index (κ3) is 3.45. The first-order chi connectivity index (χ1) is 7.65. The van der Waals surface area contributed by atoms with Crippen LogP contribution >= 0.6 is 0 Å². The maximum atomic E-state index is 11.3. The van der Waals surface area contributed by atoms with E-state index in [4.69, 9.17) is 15.7 Å². The van der Waals surface area contributed by atoms with Crippen molar-refractivity contribution in [2.75, 3.05) is 12.4 Å². The van der Waals surface area contributed by atoms with E-state index in [9.17, 15) is 4.79 Å². The quantitative estimate of drug-likeness (QED) is 0.292. The summed E-state index contributed by atoms with van der Waals surface area (Å²) in [4.78, 5) is 15.2. The Kier molecular flexibility index (Phi) is 4.07. The highest BCUT2D eigenvalue weighted by Gasteiger charge is 2.05. The molecule has 0 unspecified atom stereocenters. The molecule has 7 nitrogen and oxygen atoms in total. The third-order valence-electron chi connectivity index (χ3n) is 1.70. The van der Waals surface area contributed by atoms with Crippen molar-refractivity contribution >= 4 is 17.4 Å². The fourth-order valence-corrected chi connectivity index (χ4v) is 0.980. The maximum Gasteiger partial charge on any atom is 0.232 e. The number of oxime groups is 1. The minimum absolute atomic E-state index is 0.154. The molecule has 1 rings (SSSR count). The van der Waals surface area contributed by atoms with E-state index in [0.29, 0.717) is 11.6 Å². The summed E-state index contributed by atoms with van der Waals surface area (Å²) in [5, 5.41) is 13.5. The number of ether oxygens (including phenoxy) is 1. The van der Waals surface area contributed by atoms with Crippen molar-refractivity contribution in [2.45, 2.75) is 6.42 Å². The molecule has 1 aromatic heterocycles. The Morgan fingerprint density at radius 2 is 2.44 bits per heavy atom. The Morgan fingerprint density at radius 3 is 2.94 bits per heavy atom. The third-order valence-corrected chi connectivity index (χ3v) is 1.70. The van der Waals surface area contributed by atoms with Crippen LogP contribution in [0.15, 0.2) is 23.5 Å². The topological polar surface area (TPSA) is 110 Å². The predicted molar refractivity (Wildman–Crippen MR) is 57.4 cm³/mol. The summed E-state index contributed by atoms with van der Waals surface area (Å²) in [5.74, 6) is -0.0873. The van der Waals surface area contributed by atoms with Gasteiger partial charge < -0.3 is 21.0 Å². The highest BCUT2D eigenvalue weighted by Crippen LogP contribution is 2.10. The van der Waals surface area contributed by atoms with E-state index >= 15 is 0 Å². The van der Waals surface area contributed by atoms with Gasteiger partial charge in [0.25, 0.3) is 0 Å². The van der Waals surface area contributed by atoms with Crippen molar-refractivity contribution < 1.29 is 14.7 Å². The second kappa shape index (κ2) is 5.54. The second-order valence-corrected chi connectivity index (χ2v) is 2.91. The van der Waals surface area contributed by atoms with Crippen LogP contribution in [-0.2, 0) is 4.79 Å². The van der Waals surface area contributed by atoms with Crippen LogP contribution in [0.25, 0.3) is 0 Å². The van der Waals surface area contributed by atoms with Crippen molar-refractivity contribution in [3.8, 4) is 5.88 Å². The largest absolute Gasteiger partial charge is 0.481 e. The van der Waals surface area contributed by atoms with E-state index in [1.807, 2.05) is 0 Å². The van der Waals surface area contributed by atoms with Gasteiger partial charge in [-0.25, -0.2) is 4.98 Å². The first kappa shape index (κ1) is 11.8. The molecule has 0 aliphatic heterocycles. The lowest BCUT2D eigenvalue weighted by atomic mass is 10.3. The van der Waals surface area contributed by atoms with Gasteiger partial charge in [0, 0.05) is 6.07 Å². The van der Waals surface area contributed by atoms with Crippen molar-refractivity contribution in [3.05, 3.63) is 18.3 Å². The lowest BCUT2D eigenvalue weighted by molar-refractivity contribution is -0.115. The molecule has 7 heteroatoms. The Hall–Kier alpha value is -2.31. The van der Waals surface area contributed by atoms with E-state index in [0.717, 1.165) is 0 Å². The predicted octanol–water partition coefficient (Wildman–Crippen LogP) is 0.165.